The molecule has 1 aromatic heterocycles. The number of rotatable bonds is 10. The molecule has 3 aromatic carbocycles. The molecule has 10 nitrogen and oxygen atoms in total. The lowest BCUT2D eigenvalue weighted by Gasteiger charge is -2.15. The number of non-ortho nitro benzene ring substituents is 1. The van der Waals surface area contributed by atoms with Gasteiger partial charge in [0.1, 0.15) is 0 Å². The minimum Gasteiger partial charge on any atom is -0.356 e. The number of aromatic nitrogens is 2. The van der Waals surface area contributed by atoms with Crippen LogP contribution in [0.2, 0.25) is 0 Å². The van der Waals surface area contributed by atoms with Crippen molar-refractivity contribution in [1.82, 2.24) is 15.3 Å². The van der Waals surface area contributed by atoms with Crippen molar-refractivity contribution in [2.45, 2.75) is 19.8 Å². The van der Waals surface area contributed by atoms with Crippen molar-refractivity contribution in [3.8, 4) is 0 Å². The molecule has 1 aliphatic heterocycles. The number of nitro benzene ring substituents is 1. The lowest BCUT2D eigenvalue weighted by Crippen LogP contribution is -2.21. The lowest BCUT2D eigenvalue weighted by molar-refractivity contribution is -0.384. The van der Waals surface area contributed by atoms with Crippen LogP contribution < -0.4 is 16.0 Å². The summed E-state index contributed by atoms with van der Waals surface area (Å²) in [6, 6.07) is 19.9. The Morgan fingerprint density at radius 3 is 2.51 bits per heavy atom. The maximum atomic E-state index is 13.2. The molecule has 0 saturated heterocycles. The van der Waals surface area contributed by atoms with Gasteiger partial charge in [-0.2, -0.15) is 0 Å². The Hall–Kier alpha value is -5.51. The van der Waals surface area contributed by atoms with Crippen molar-refractivity contribution in [2.24, 2.45) is 0 Å². The fourth-order valence-corrected chi connectivity index (χ4v) is 4.56. The van der Waals surface area contributed by atoms with E-state index in [4.69, 9.17) is 0 Å². The number of hydrogen-bond acceptors (Lipinski definition) is 6. The van der Waals surface area contributed by atoms with Gasteiger partial charge in [0.2, 0.25) is 5.91 Å². The van der Waals surface area contributed by atoms with E-state index in [2.05, 4.69) is 25.9 Å². The topological polar surface area (TPSA) is 142 Å². The standard InChI is InChI=1S/C31H28N6O4/c1-20(38)33-16-2-3-21-4-9-23(10-5-21)30(29-27-17-26(37(40)41)14-15-28(27)36-31(29)39)35-24-11-6-22(7-12-24)8-13-25-18-32-19-34-25/h4-15,17-19,35H,2-3,16H2,1H3,(H,32,34)(H,33,38)(H,36,39)/b13-8+,30-29-. The van der Waals surface area contributed by atoms with Gasteiger partial charge in [0, 0.05) is 48.7 Å². The van der Waals surface area contributed by atoms with E-state index in [1.165, 1.54) is 19.1 Å². The van der Waals surface area contributed by atoms with Gasteiger partial charge in [-0.3, -0.25) is 19.7 Å². The van der Waals surface area contributed by atoms with Crippen LogP contribution in [0, 0.1) is 10.1 Å². The zero-order valence-electron chi connectivity index (χ0n) is 22.3. The van der Waals surface area contributed by atoms with Crippen molar-refractivity contribution in [1.29, 1.82) is 0 Å². The number of H-pyrrole nitrogens is 1. The molecule has 0 bridgehead atoms. The number of nitrogens with one attached hydrogen (secondary N) is 4. The molecule has 1 aliphatic rings. The van der Waals surface area contributed by atoms with Gasteiger partial charge in [0.15, 0.2) is 0 Å². The van der Waals surface area contributed by atoms with Gasteiger partial charge in [-0.05, 0) is 53.8 Å². The van der Waals surface area contributed by atoms with E-state index in [0.717, 1.165) is 40.9 Å². The Morgan fingerprint density at radius 1 is 1.05 bits per heavy atom. The van der Waals surface area contributed by atoms with E-state index in [-0.39, 0.29) is 17.5 Å². The van der Waals surface area contributed by atoms with Gasteiger partial charge < -0.3 is 20.9 Å². The predicted octanol–water partition coefficient (Wildman–Crippen LogP) is 5.49. The number of aryl methyl sites for hydroxylation is 1. The molecule has 10 heteroatoms. The highest BCUT2D eigenvalue weighted by molar-refractivity contribution is 6.37. The highest BCUT2D eigenvalue weighted by Crippen LogP contribution is 2.39. The molecule has 41 heavy (non-hydrogen) atoms. The normalized spacial score (nSPS) is 13.5. The molecule has 0 unspecified atom stereocenters. The maximum Gasteiger partial charge on any atom is 0.270 e. The van der Waals surface area contributed by atoms with Crippen LogP contribution in [-0.2, 0) is 16.0 Å². The molecule has 5 rings (SSSR count). The Kier molecular flexibility index (Phi) is 8.00. The lowest BCUT2D eigenvalue weighted by atomic mass is 9.98. The summed E-state index contributed by atoms with van der Waals surface area (Å²) >= 11 is 0. The van der Waals surface area contributed by atoms with E-state index in [0.29, 0.717) is 29.1 Å². The van der Waals surface area contributed by atoms with E-state index in [1.807, 2.05) is 60.7 Å². The number of aromatic amines is 1. The van der Waals surface area contributed by atoms with Crippen LogP contribution in [0.3, 0.4) is 0 Å². The molecule has 0 radical (unpaired) electrons. The molecule has 4 aromatic rings. The van der Waals surface area contributed by atoms with Crippen molar-refractivity contribution in [3.05, 3.63) is 117 Å². The Morgan fingerprint density at radius 2 is 1.83 bits per heavy atom. The average Bonchev–Trinajstić information content (AvgIpc) is 3.60. The molecule has 2 heterocycles. The zero-order chi connectivity index (χ0) is 28.8. The summed E-state index contributed by atoms with van der Waals surface area (Å²) in [7, 11) is 0. The molecule has 206 valence electrons. The number of nitro groups is 1. The average molecular weight is 549 g/mol. The number of hydrogen-bond donors (Lipinski definition) is 4. The zero-order valence-corrected chi connectivity index (χ0v) is 22.3. The summed E-state index contributed by atoms with van der Waals surface area (Å²) in [6.45, 7) is 2.09. The first kappa shape index (κ1) is 27.1. The van der Waals surface area contributed by atoms with Crippen molar-refractivity contribution in [2.75, 3.05) is 17.2 Å². The highest BCUT2D eigenvalue weighted by Gasteiger charge is 2.30. The van der Waals surface area contributed by atoms with Gasteiger partial charge in [-0.1, -0.05) is 42.5 Å². The quantitative estimate of drug-likeness (QED) is 0.0894. The first-order valence-electron chi connectivity index (χ1n) is 13.1. The van der Waals surface area contributed by atoms with Crippen LogP contribution in [0.5, 0.6) is 0 Å². The van der Waals surface area contributed by atoms with Crippen LogP contribution in [0.1, 0.15) is 41.3 Å². The van der Waals surface area contributed by atoms with Gasteiger partial charge in [-0.15, -0.1) is 0 Å². The first-order chi connectivity index (χ1) is 19.9. The smallest absolute Gasteiger partial charge is 0.270 e. The van der Waals surface area contributed by atoms with Crippen LogP contribution in [0.15, 0.2) is 79.3 Å². The Bertz CT molecular complexity index is 1640. The third-order valence-electron chi connectivity index (χ3n) is 6.61. The Balaban J connectivity index is 1.47. The molecular weight excluding hydrogens is 520 g/mol. The SMILES string of the molecule is CC(=O)NCCCc1ccc(/C(Nc2ccc(/C=C/c3c[nH]cn3)cc2)=C2/C(=O)Nc3ccc([N+](=O)[O-])cc32)cc1. The monoisotopic (exact) mass is 548 g/mol. The predicted molar refractivity (Wildman–Crippen MR) is 160 cm³/mol. The van der Waals surface area contributed by atoms with E-state index in [9.17, 15) is 19.7 Å². The largest absolute Gasteiger partial charge is 0.356 e. The van der Waals surface area contributed by atoms with Gasteiger partial charge in [0.25, 0.3) is 11.6 Å². The summed E-state index contributed by atoms with van der Waals surface area (Å²) in [4.78, 5) is 42.5. The first-order valence-corrected chi connectivity index (χ1v) is 13.1. The Labute approximate surface area is 236 Å². The minimum absolute atomic E-state index is 0.0558. The van der Waals surface area contributed by atoms with Crippen molar-refractivity contribution in [3.63, 3.8) is 0 Å². The molecule has 0 spiro atoms. The fraction of sp³-hybridized carbons (Fsp3) is 0.129. The summed E-state index contributed by atoms with van der Waals surface area (Å²) in [5.41, 5.74) is 6.11. The minimum atomic E-state index is -0.473. The number of anilines is 2. The van der Waals surface area contributed by atoms with E-state index in [1.54, 1.807) is 18.6 Å². The number of fused-ring (bicyclic) bond motifs is 1. The van der Waals surface area contributed by atoms with E-state index >= 15 is 0 Å². The van der Waals surface area contributed by atoms with Crippen molar-refractivity contribution < 1.29 is 14.5 Å². The second-order valence-electron chi connectivity index (χ2n) is 9.55. The molecule has 4 N–H and O–H groups in total. The molecule has 0 fully saturated rings. The molecule has 0 aliphatic carbocycles. The van der Waals surface area contributed by atoms with Crippen LogP contribution in [-0.4, -0.2) is 33.3 Å². The van der Waals surface area contributed by atoms with Crippen molar-refractivity contribution >= 4 is 52.3 Å². The molecular formula is C31H28N6O4. The second-order valence-corrected chi connectivity index (χ2v) is 9.55. The summed E-state index contributed by atoms with van der Waals surface area (Å²) < 4.78 is 0. The number of imidazole rings is 1. The summed E-state index contributed by atoms with van der Waals surface area (Å²) in [5, 5.41) is 20.5. The third kappa shape index (κ3) is 6.56. The summed E-state index contributed by atoms with van der Waals surface area (Å²) in [5.74, 6) is -0.402. The molecule has 0 saturated carbocycles. The number of benzene rings is 3. The molecule has 2 amide bonds. The number of amides is 2. The molecule has 0 atom stereocenters. The van der Waals surface area contributed by atoms with Crippen LogP contribution >= 0.6 is 0 Å². The van der Waals surface area contributed by atoms with Crippen LogP contribution in [0.25, 0.3) is 23.4 Å². The van der Waals surface area contributed by atoms with E-state index < -0.39 is 4.92 Å². The highest BCUT2D eigenvalue weighted by atomic mass is 16.6. The maximum absolute atomic E-state index is 13.2. The third-order valence-corrected chi connectivity index (χ3v) is 6.61. The summed E-state index contributed by atoms with van der Waals surface area (Å²) in [6.07, 6.45) is 8.84. The second kappa shape index (κ2) is 12.1. The number of carbonyl (C=O) groups is 2. The van der Waals surface area contributed by atoms with Crippen LogP contribution in [0.4, 0.5) is 17.1 Å². The number of carbonyl (C=O) groups excluding carboxylic acids is 2. The van der Waals surface area contributed by atoms with Gasteiger partial charge >= 0.3 is 0 Å². The number of nitrogens with zero attached hydrogens (tertiary/aromatic N) is 2. The van der Waals surface area contributed by atoms with Gasteiger partial charge in [0.05, 0.1) is 28.2 Å². The fourth-order valence-electron chi connectivity index (χ4n) is 4.56. The van der Waals surface area contributed by atoms with Gasteiger partial charge in [-0.25, -0.2) is 4.98 Å².